The van der Waals surface area contributed by atoms with E-state index in [0.29, 0.717) is 4.59 Å². The van der Waals surface area contributed by atoms with Gasteiger partial charge < -0.3 is 4.90 Å². The third kappa shape index (κ3) is 4.28. The first-order valence-corrected chi connectivity index (χ1v) is 15.0. The summed E-state index contributed by atoms with van der Waals surface area (Å²) in [5.41, 5.74) is 6.01. The molecular formula is C35H33FN7+. The zero-order valence-corrected chi connectivity index (χ0v) is 23.9. The van der Waals surface area contributed by atoms with Gasteiger partial charge in [-0.05, 0) is 61.7 Å². The van der Waals surface area contributed by atoms with E-state index >= 15 is 0 Å². The van der Waals surface area contributed by atoms with E-state index in [1.54, 1.807) is 12.1 Å². The van der Waals surface area contributed by atoms with Crippen molar-refractivity contribution in [1.29, 1.82) is 0 Å². The number of piperazine rings is 1. The molecule has 0 radical (unpaired) electrons. The van der Waals surface area contributed by atoms with Crippen LogP contribution in [0.4, 0.5) is 15.8 Å². The summed E-state index contributed by atoms with van der Waals surface area (Å²) >= 11 is 0. The van der Waals surface area contributed by atoms with Gasteiger partial charge in [0.1, 0.15) is 11.5 Å². The highest BCUT2D eigenvalue weighted by Gasteiger charge is 2.58. The smallest absolute Gasteiger partial charge is 0.225 e. The number of nitrogens with zero attached hydrogens (tertiary/aromatic N) is 7. The van der Waals surface area contributed by atoms with Crippen LogP contribution in [0, 0.1) is 5.82 Å². The van der Waals surface area contributed by atoms with Gasteiger partial charge in [0.2, 0.25) is 12.0 Å². The third-order valence-electron chi connectivity index (χ3n) is 9.38. The van der Waals surface area contributed by atoms with Crippen molar-refractivity contribution < 1.29 is 8.98 Å². The molecule has 1 unspecified atom stereocenters. The maximum Gasteiger partial charge on any atom is 0.225 e. The molecule has 4 aliphatic rings. The van der Waals surface area contributed by atoms with Crippen molar-refractivity contribution in [2.45, 2.75) is 24.9 Å². The van der Waals surface area contributed by atoms with Gasteiger partial charge in [-0.1, -0.05) is 42.5 Å². The van der Waals surface area contributed by atoms with Crippen LogP contribution in [-0.4, -0.2) is 58.9 Å². The molecule has 4 heterocycles. The van der Waals surface area contributed by atoms with Gasteiger partial charge in [0.15, 0.2) is 6.20 Å². The highest BCUT2D eigenvalue weighted by molar-refractivity contribution is 5.86. The van der Waals surface area contributed by atoms with Crippen LogP contribution in [0.1, 0.15) is 19.3 Å². The SMILES string of the molecule is Fc1ccc(N2CCN(C3(N(c4ccc5ccc(-c6ccccc6)nc5c4)[N+]45C=CN=CC4=CN=C5)CCC3)CC2)cc1. The molecule has 0 spiro atoms. The lowest BCUT2D eigenvalue weighted by atomic mass is 9.81. The first kappa shape index (κ1) is 26.0. The molecule has 1 saturated carbocycles. The predicted molar refractivity (Wildman–Crippen MR) is 171 cm³/mol. The van der Waals surface area contributed by atoms with Gasteiger partial charge >= 0.3 is 0 Å². The molecule has 1 aromatic heterocycles. The maximum atomic E-state index is 13.6. The van der Waals surface area contributed by atoms with Crippen molar-refractivity contribution >= 4 is 34.8 Å². The molecule has 1 saturated heterocycles. The average Bonchev–Trinajstić information content (AvgIpc) is 3.48. The molecule has 43 heavy (non-hydrogen) atoms. The number of benzene rings is 3. The van der Waals surface area contributed by atoms with E-state index in [-0.39, 0.29) is 11.5 Å². The fourth-order valence-corrected chi connectivity index (χ4v) is 7.05. The molecule has 3 aliphatic heterocycles. The Morgan fingerprint density at radius 2 is 1.63 bits per heavy atom. The van der Waals surface area contributed by atoms with Crippen LogP contribution >= 0.6 is 0 Å². The summed E-state index contributed by atoms with van der Waals surface area (Å²) in [7, 11) is 0. The molecule has 8 rings (SSSR count). The van der Waals surface area contributed by atoms with Crippen molar-refractivity contribution in [3.63, 3.8) is 0 Å². The maximum absolute atomic E-state index is 13.6. The fraction of sp³-hybridized carbons (Fsp3) is 0.229. The van der Waals surface area contributed by atoms with Crippen LogP contribution in [0.15, 0.2) is 119 Å². The molecule has 214 valence electrons. The summed E-state index contributed by atoms with van der Waals surface area (Å²) in [6, 6.07) is 28.1. The number of hydrogen-bond acceptors (Lipinski definition) is 6. The predicted octanol–water partition coefficient (Wildman–Crippen LogP) is 6.72. The van der Waals surface area contributed by atoms with Crippen molar-refractivity contribution in [3.05, 3.63) is 115 Å². The monoisotopic (exact) mass is 570 g/mol. The summed E-state index contributed by atoms with van der Waals surface area (Å²) < 4.78 is 14.0. The number of hydrogen-bond donors (Lipinski definition) is 0. The van der Waals surface area contributed by atoms with Gasteiger partial charge in [-0.15, -0.1) is 4.59 Å². The number of anilines is 2. The third-order valence-corrected chi connectivity index (χ3v) is 9.38. The number of rotatable bonds is 6. The number of halogens is 1. The highest BCUT2D eigenvalue weighted by Crippen LogP contribution is 2.49. The van der Waals surface area contributed by atoms with Gasteiger partial charge in [-0.25, -0.2) is 14.4 Å². The first-order valence-electron chi connectivity index (χ1n) is 15.0. The zero-order chi connectivity index (χ0) is 28.9. The van der Waals surface area contributed by atoms with E-state index < -0.39 is 0 Å². The van der Waals surface area contributed by atoms with E-state index in [4.69, 9.17) is 4.98 Å². The Morgan fingerprint density at radius 1 is 0.837 bits per heavy atom. The molecule has 0 bridgehead atoms. The van der Waals surface area contributed by atoms with Crippen LogP contribution in [0.2, 0.25) is 0 Å². The summed E-state index contributed by atoms with van der Waals surface area (Å²) in [4.78, 5) is 19.3. The van der Waals surface area contributed by atoms with Crippen molar-refractivity contribution in [2.75, 3.05) is 36.1 Å². The molecule has 8 heteroatoms. The largest absolute Gasteiger partial charge is 0.369 e. The van der Waals surface area contributed by atoms with Crippen LogP contribution in [-0.2, 0) is 0 Å². The van der Waals surface area contributed by atoms with Crippen LogP contribution < -0.4 is 9.91 Å². The molecule has 3 aromatic carbocycles. The number of pyridine rings is 1. The Bertz CT molecular complexity index is 1780. The lowest BCUT2D eigenvalue weighted by Gasteiger charge is -2.60. The zero-order valence-electron chi connectivity index (χ0n) is 23.9. The Morgan fingerprint density at radius 3 is 2.40 bits per heavy atom. The van der Waals surface area contributed by atoms with Gasteiger partial charge in [0.25, 0.3) is 0 Å². The second kappa shape index (κ2) is 10.3. The van der Waals surface area contributed by atoms with Gasteiger partial charge in [0.05, 0.1) is 35.5 Å². The Balaban J connectivity index is 1.20. The van der Waals surface area contributed by atoms with Crippen molar-refractivity contribution in [2.24, 2.45) is 9.98 Å². The summed E-state index contributed by atoms with van der Waals surface area (Å²) in [6.07, 6.45) is 13.1. The minimum atomic E-state index is -0.218. The quantitative estimate of drug-likeness (QED) is 0.242. The van der Waals surface area contributed by atoms with Crippen LogP contribution in [0.3, 0.4) is 0 Å². The molecule has 1 aliphatic carbocycles. The number of quaternary nitrogens is 1. The fourth-order valence-electron chi connectivity index (χ4n) is 7.05. The second-order valence-electron chi connectivity index (χ2n) is 11.7. The van der Waals surface area contributed by atoms with Crippen molar-refractivity contribution in [1.82, 2.24) is 9.88 Å². The van der Waals surface area contributed by atoms with Crippen LogP contribution in [0.25, 0.3) is 22.2 Å². The van der Waals surface area contributed by atoms with E-state index in [1.165, 1.54) is 0 Å². The molecule has 0 N–H and O–H groups in total. The van der Waals surface area contributed by atoms with E-state index in [0.717, 1.165) is 84.7 Å². The molecular weight excluding hydrogens is 537 g/mol. The minimum absolute atomic E-state index is 0.199. The van der Waals surface area contributed by atoms with E-state index in [1.807, 2.05) is 43.2 Å². The second-order valence-corrected chi connectivity index (χ2v) is 11.7. The topological polar surface area (TPSA) is 47.3 Å². The number of aliphatic imine (C=N–C) groups is 2. The molecule has 1 atom stereocenters. The number of fused-ring (bicyclic) bond motifs is 2. The van der Waals surface area contributed by atoms with Crippen molar-refractivity contribution in [3.8, 4) is 11.3 Å². The number of aromatic nitrogens is 1. The lowest BCUT2D eigenvalue weighted by Crippen LogP contribution is -2.75. The molecule has 0 amide bonds. The molecule has 2 fully saturated rings. The van der Waals surface area contributed by atoms with E-state index in [2.05, 4.69) is 85.6 Å². The first-order chi connectivity index (χ1) is 21.1. The van der Waals surface area contributed by atoms with E-state index in [9.17, 15) is 4.39 Å². The van der Waals surface area contributed by atoms with Crippen LogP contribution in [0.5, 0.6) is 0 Å². The Kier molecular flexibility index (Phi) is 6.20. The normalized spacial score (nSPS) is 22.3. The summed E-state index contributed by atoms with van der Waals surface area (Å²) in [5, 5.41) is 3.66. The van der Waals surface area contributed by atoms with Gasteiger partial charge in [-0.2, -0.15) is 5.01 Å². The number of allylic oxidation sites excluding steroid dienone is 1. The standard InChI is InChI=1S/C35H33FN7/c36-29-9-12-30(13-10-29)40-18-20-41(21-19-40)35(15-4-16-35)42(43-22-17-37-24-32(43)25-38-26-43)31-11-7-28-8-14-33(39-34(28)23-31)27-5-2-1-3-6-27/h1-3,5-14,17,22-26H,4,15-16,18-21H2/q+1. The highest BCUT2D eigenvalue weighted by atomic mass is 19.1. The Hall–Kier alpha value is -4.66. The van der Waals surface area contributed by atoms with Gasteiger partial charge in [-0.3, -0.25) is 9.89 Å². The Labute approximate surface area is 250 Å². The summed E-state index contributed by atoms with van der Waals surface area (Å²) in [6.45, 7) is 3.59. The minimum Gasteiger partial charge on any atom is -0.369 e. The lowest BCUT2D eigenvalue weighted by molar-refractivity contribution is -0.754. The molecule has 7 nitrogen and oxygen atoms in total. The molecule has 4 aromatic rings. The van der Waals surface area contributed by atoms with Gasteiger partial charge in [0, 0.05) is 42.8 Å². The summed E-state index contributed by atoms with van der Waals surface area (Å²) in [5.74, 6) is -0.199. The average molecular weight is 571 g/mol.